The third-order valence-corrected chi connectivity index (χ3v) is 4.41. The van der Waals surface area contributed by atoms with Gasteiger partial charge < -0.3 is 15.5 Å². The van der Waals surface area contributed by atoms with Gasteiger partial charge in [-0.15, -0.1) is 0 Å². The Hall–Kier alpha value is -1.72. The van der Waals surface area contributed by atoms with E-state index in [0.717, 1.165) is 30.8 Å². The van der Waals surface area contributed by atoms with E-state index >= 15 is 0 Å². The first-order chi connectivity index (χ1) is 11.1. The Kier molecular flexibility index (Phi) is 8.26. The first-order valence-electron chi connectivity index (χ1n) is 8.06. The maximum absolute atomic E-state index is 9.69. The molecule has 0 aromatic heterocycles. The van der Waals surface area contributed by atoms with E-state index in [9.17, 15) is 10.2 Å². The fourth-order valence-corrected chi connectivity index (χ4v) is 3.23. The van der Waals surface area contributed by atoms with Crippen LogP contribution < -0.4 is 5.32 Å². The highest BCUT2D eigenvalue weighted by Gasteiger charge is 2.20. The van der Waals surface area contributed by atoms with Gasteiger partial charge in [0, 0.05) is 26.2 Å². The van der Waals surface area contributed by atoms with Crippen molar-refractivity contribution in [2.45, 2.75) is 40.2 Å². The van der Waals surface area contributed by atoms with E-state index in [2.05, 4.69) is 16.3 Å². The van der Waals surface area contributed by atoms with Crippen molar-refractivity contribution in [3.05, 3.63) is 70.8 Å². The third-order valence-electron chi connectivity index (χ3n) is 4.41. The molecule has 0 radical (unpaired) electrons. The Morgan fingerprint density at radius 3 is 2.08 bits per heavy atom. The molecule has 2 aliphatic rings. The number of fused-ring (bicyclic) bond motifs is 2. The fourth-order valence-electron chi connectivity index (χ4n) is 3.23. The molecule has 0 aliphatic carbocycles. The second-order valence-corrected chi connectivity index (χ2v) is 6.26. The Morgan fingerprint density at radius 2 is 1.44 bits per heavy atom. The predicted octanol–water partition coefficient (Wildman–Crippen LogP) is 3.26. The van der Waals surface area contributed by atoms with Crippen LogP contribution in [0.25, 0.3) is 0 Å². The predicted molar refractivity (Wildman–Crippen MR) is 104 cm³/mol. The molecule has 2 heterocycles. The van der Waals surface area contributed by atoms with Gasteiger partial charge in [0.2, 0.25) is 0 Å². The lowest BCUT2D eigenvalue weighted by Gasteiger charge is -2.28. The van der Waals surface area contributed by atoms with E-state index in [1.54, 1.807) is 0 Å². The van der Waals surface area contributed by atoms with Crippen molar-refractivity contribution >= 4 is 0 Å². The monoisotopic (exact) mass is 344 g/mol. The molecule has 0 saturated carbocycles. The van der Waals surface area contributed by atoms with Gasteiger partial charge in [-0.25, -0.2) is 0 Å². The zero-order valence-corrected chi connectivity index (χ0v) is 13.4. The summed E-state index contributed by atoms with van der Waals surface area (Å²) in [6.07, 6.45) is -0.625. The second kappa shape index (κ2) is 9.68. The van der Waals surface area contributed by atoms with Crippen molar-refractivity contribution in [3.63, 3.8) is 0 Å². The van der Waals surface area contributed by atoms with Gasteiger partial charge in [0.1, 0.15) is 0 Å². The van der Waals surface area contributed by atoms with E-state index in [1.165, 1.54) is 11.1 Å². The molecule has 0 amide bonds. The van der Waals surface area contributed by atoms with Gasteiger partial charge in [-0.2, -0.15) is 0 Å². The maximum Gasteiger partial charge on any atom is 0.0920 e. The van der Waals surface area contributed by atoms with Gasteiger partial charge in [0.15, 0.2) is 0 Å². The highest BCUT2D eigenvalue weighted by atomic mass is 16.3. The average Bonchev–Trinajstić information content (AvgIpc) is 2.56. The summed E-state index contributed by atoms with van der Waals surface area (Å²) >= 11 is 0. The van der Waals surface area contributed by atoms with E-state index in [4.69, 9.17) is 0 Å². The van der Waals surface area contributed by atoms with Crippen LogP contribution in [0.3, 0.4) is 0 Å². The zero-order chi connectivity index (χ0) is 16.2. The molecule has 0 bridgehead atoms. The van der Waals surface area contributed by atoms with Gasteiger partial charge in [-0.3, -0.25) is 4.90 Å². The molecule has 0 spiro atoms. The Balaban J connectivity index is 0.000000232. The van der Waals surface area contributed by atoms with E-state index < -0.39 is 0 Å². The van der Waals surface area contributed by atoms with Gasteiger partial charge in [0.05, 0.1) is 12.2 Å². The summed E-state index contributed by atoms with van der Waals surface area (Å²) < 4.78 is 0. The standard InChI is InChI=1S/C10H13NO.C9H11NO.2CH4/c1-11-6-8-4-2-3-5-9(8)10(12)7-11;11-9-6-10-5-7-3-1-2-4-8(7)9;;/h2-5,10,12H,6-7H2,1H3;1-4,9-11H,5-6H2;2*1H4. The normalized spacial score (nSPS) is 21.4. The first-order valence-corrected chi connectivity index (χ1v) is 8.06. The van der Waals surface area contributed by atoms with Crippen molar-refractivity contribution in [1.29, 1.82) is 0 Å². The first kappa shape index (κ1) is 21.3. The molecule has 0 saturated heterocycles. The van der Waals surface area contributed by atoms with Crippen molar-refractivity contribution in [2.24, 2.45) is 0 Å². The van der Waals surface area contributed by atoms with Crippen LogP contribution in [0.4, 0.5) is 0 Å². The lowest BCUT2D eigenvalue weighted by molar-refractivity contribution is 0.108. The van der Waals surface area contributed by atoms with E-state index in [-0.39, 0.29) is 27.1 Å². The van der Waals surface area contributed by atoms with Crippen LogP contribution in [-0.4, -0.2) is 35.3 Å². The summed E-state index contributed by atoms with van der Waals surface area (Å²) in [5.74, 6) is 0. The number of hydrogen-bond acceptors (Lipinski definition) is 4. The van der Waals surface area contributed by atoms with Gasteiger partial charge in [0.25, 0.3) is 0 Å². The number of nitrogens with one attached hydrogen (secondary N) is 1. The van der Waals surface area contributed by atoms with Crippen LogP contribution >= 0.6 is 0 Å². The van der Waals surface area contributed by atoms with Crippen LogP contribution in [0.2, 0.25) is 0 Å². The lowest BCUT2D eigenvalue weighted by atomic mass is 9.98. The summed E-state index contributed by atoms with van der Waals surface area (Å²) in [6, 6.07) is 16.1. The summed E-state index contributed by atoms with van der Waals surface area (Å²) in [5, 5.41) is 22.3. The molecule has 0 fully saturated rings. The number of likely N-dealkylation sites (N-methyl/N-ethyl adjacent to an activating group) is 1. The lowest BCUT2D eigenvalue weighted by Crippen LogP contribution is -2.30. The average molecular weight is 344 g/mol. The number of hydrogen-bond donors (Lipinski definition) is 3. The summed E-state index contributed by atoms with van der Waals surface area (Å²) in [6.45, 7) is 3.26. The molecule has 4 rings (SSSR count). The number of aliphatic hydroxyl groups excluding tert-OH is 2. The van der Waals surface area contributed by atoms with Crippen LogP contribution in [-0.2, 0) is 13.1 Å². The largest absolute Gasteiger partial charge is 0.387 e. The highest BCUT2D eigenvalue weighted by Crippen LogP contribution is 2.24. The molecule has 2 aromatic rings. The summed E-state index contributed by atoms with van der Waals surface area (Å²) in [7, 11) is 2.03. The van der Waals surface area contributed by atoms with Crippen LogP contribution in [0, 0.1) is 0 Å². The van der Waals surface area contributed by atoms with Crippen LogP contribution in [0.5, 0.6) is 0 Å². The molecular formula is C21H32N2O2. The Labute approximate surface area is 152 Å². The number of aliphatic hydroxyl groups is 2. The van der Waals surface area contributed by atoms with Crippen molar-refractivity contribution < 1.29 is 10.2 Å². The number of benzene rings is 2. The molecule has 25 heavy (non-hydrogen) atoms. The van der Waals surface area contributed by atoms with E-state index in [0.29, 0.717) is 6.54 Å². The van der Waals surface area contributed by atoms with E-state index in [1.807, 2.05) is 49.5 Å². The topological polar surface area (TPSA) is 55.7 Å². The van der Waals surface area contributed by atoms with Gasteiger partial charge in [-0.05, 0) is 29.3 Å². The molecule has 2 aromatic carbocycles. The van der Waals surface area contributed by atoms with Crippen molar-refractivity contribution in [3.8, 4) is 0 Å². The fraction of sp³-hybridized carbons (Fsp3) is 0.429. The molecule has 138 valence electrons. The molecule has 2 aliphatic heterocycles. The smallest absolute Gasteiger partial charge is 0.0920 e. The summed E-state index contributed by atoms with van der Waals surface area (Å²) in [4.78, 5) is 2.13. The minimum absolute atomic E-state index is 0. The molecular weight excluding hydrogens is 312 g/mol. The van der Waals surface area contributed by atoms with Crippen LogP contribution in [0.1, 0.15) is 49.3 Å². The quantitative estimate of drug-likeness (QED) is 0.687. The molecule has 2 atom stereocenters. The molecule has 4 nitrogen and oxygen atoms in total. The van der Waals surface area contributed by atoms with Crippen LogP contribution in [0.15, 0.2) is 48.5 Å². The Bertz CT molecular complexity index is 660. The Morgan fingerprint density at radius 1 is 0.880 bits per heavy atom. The third kappa shape index (κ3) is 5.13. The SMILES string of the molecule is C.C.CN1Cc2ccccc2C(O)C1.OC1CNCc2ccccc21. The number of rotatable bonds is 0. The summed E-state index contributed by atoms with van der Waals surface area (Å²) in [5.41, 5.74) is 4.63. The highest BCUT2D eigenvalue weighted by molar-refractivity contribution is 5.31. The minimum atomic E-state index is -0.319. The second-order valence-electron chi connectivity index (χ2n) is 6.26. The van der Waals surface area contributed by atoms with Crippen molar-refractivity contribution in [2.75, 3.05) is 20.1 Å². The molecule has 4 heteroatoms. The van der Waals surface area contributed by atoms with Gasteiger partial charge in [-0.1, -0.05) is 63.4 Å². The molecule has 2 unspecified atom stereocenters. The number of β-amino-alcohol motifs (C(OH)–C–C–N with tert-alkyl or cyclic N) is 2. The molecule has 3 N–H and O–H groups in total. The number of nitrogens with zero attached hydrogens (tertiary/aromatic N) is 1. The maximum atomic E-state index is 9.69. The zero-order valence-electron chi connectivity index (χ0n) is 13.4. The van der Waals surface area contributed by atoms with Crippen molar-refractivity contribution in [1.82, 2.24) is 10.2 Å². The van der Waals surface area contributed by atoms with Gasteiger partial charge >= 0.3 is 0 Å². The minimum Gasteiger partial charge on any atom is -0.387 e.